The second-order valence-electron chi connectivity index (χ2n) is 4.57. The zero-order chi connectivity index (χ0) is 17.6. The quantitative estimate of drug-likeness (QED) is 0.609. The summed E-state index contributed by atoms with van der Waals surface area (Å²) in [6.07, 6.45) is 0. The van der Waals surface area contributed by atoms with E-state index in [1.165, 1.54) is 24.3 Å². The van der Waals surface area contributed by atoms with Gasteiger partial charge in [0.05, 0.1) is 10.6 Å². The smallest absolute Gasteiger partial charge is 0.283 e. The van der Waals surface area contributed by atoms with Gasteiger partial charge in [-0.15, -0.1) is 4.40 Å². The average Bonchev–Trinajstić information content (AvgIpc) is 2.54. The highest BCUT2D eigenvalue weighted by molar-refractivity contribution is 8.14. The monoisotopic (exact) mass is 383 g/mol. The molecule has 0 spiro atoms. The second-order valence-corrected chi connectivity index (χ2v) is 7.59. The lowest BCUT2D eigenvalue weighted by Crippen LogP contribution is -2.19. The Kier molecular flexibility index (Phi) is 6.24. The van der Waals surface area contributed by atoms with Crippen molar-refractivity contribution in [2.75, 3.05) is 11.1 Å². The van der Waals surface area contributed by atoms with Gasteiger partial charge in [0.2, 0.25) is 0 Å². The SMILES string of the molecule is NC(=O)SCC(=NS(=O)(=O)c1ccc(Cl)cc1)Nc1ccccc1. The van der Waals surface area contributed by atoms with Crippen molar-refractivity contribution in [3.63, 3.8) is 0 Å². The van der Waals surface area contributed by atoms with E-state index >= 15 is 0 Å². The fraction of sp³-hybridized carbons (Fsp3) is 0.0667. The number of nitrogens with zero attached hydrogens (tertiary/aromatic N) is 1. The van der Waals surface area contributed by atoms with Crippen molar-refractivity contribution in [1.29, 1.82) is 0 Å². The summed E-state index contributed by atoms with van der Waals surface area (Å²) in [7, 11) is -3.94. The first kappa shape index (κ1) is 18.3. The standard InChI is InChI=1S/C15H14ClN3O3S2/c16-11-6-8-13(9-7-11)24(21,22)19-14(10-23-15(17)20)18-12-4-2-1-3-5-12/h1-9H,10H2,(H2,17,20)(H,18,19). The first-order valence-corrected chi connectivity index (χ1v) is 9.51. The van der Waals surface area contributed by atoms with E-state index in [-0.39, 0.29) is 16.5 Å². The van der Waals surface area contributed by atoms with Crippen molar-refractivity contribution in [3.8, 4) is 0 Å². The summed E-state index contributed by atoms with van der Waals surface area (Å²) in [6, 6.07) is 14.6. The summed E-state index contributed by atoms with van der Waals surface area (Å²) >= 11 is 6.52. The minimum absolute atomic E-state index is 0.00293. The summed E-state index contributed by atoms with van der Waals surface area (Å²) < 4.78 is 28.6. The van der Waals surface area contributed by atoms with Crippen LogP contribution in [0.15, 0.2) is 63.9 Å². The van der Waals surface area contributed by atoms with Crippen LogP contribution < -0.4 is 11.1 Å². The number of nitrogens with two attached hydrogens (primary N) is 1. The molecule has 0 unspecified atom stereocenters. The van der Waals surface area contributed by atoms with Crippen LogP contribution in [-0.4, -0.2) is 25.2 Å². The van der Waals surface area contributed by atoms with Crippen molar-refractivity contribution in [3.05, 3.63) is 59.6 Å². The lowest BCUT2D eigenvalue weighted by Gasteiger charge is -2.09. The van der Waals surface area contributed by atoms with Gasteiger partial charge in [-0.1, -0.05) is 41.6 Å². The molecule has 2 aromatic rings. The van der Waals surface area contributed by atoms with Crippen LogP contribution in [0.3, 0.4) is 0 Å². The molecule has 9 heteroatoms. The third kappa shape index (κ3) is 5.55. The highest BCUT2D eigenvalue weighted by Crippen LogP contribution is 2.17. The Morgan fingerprint density at radius 3 is 2.33 bits per heavy atom. The number of benzene rings is 2. The van der Waals surface area contributed by atoms with Crippen molar-refractivity contribution in [2.45, 2.75) is 4.90 Å². The molecule has 3 N–H and O–H groups in total. The van der Waals surface area contributed by atoms with E-state index in [4.69, 9.17) is 17.3 Å². The third-order valence-electron chi connectivity index (χ3n) is 2.76. The van der Waals surface area contributed by atoms with Crippen LogP contribution in [-0.2, 0) is 10.0 Å². The largest absolute Gasteiger partial charge is 0.361 e. The molecule has 0 aliphatic carbocycles. The van der Waals surface area contributed by atoms with Crippen LogP contribution in [0.2, 0.25) is 5.02 Å². The molecule has 24 heavy (non-hydrogen) atoms. The van der Waals surface area contributed by atoms with Crippen molar-refractivity contribution in [2.24, 2.45) is 10.1 Å². The Hall–Kier alpha value is -2.03. The Morgan fingerprint density at radius 2 is 1.75 bits per heavy atom. The number of nitrogens with one attached hydrogen (secondary N) is 1. The van der Waals surface area contributed by atoms with Crippen LogP contribution in [0.1, 0.15) is 0 Å². The maximum Gasteiger partial charge on any atom is 0.283 e. The number of amidine groups is 1. The predicted octanol–water partition coefficient (Wildman–Crippen LogP) is 3.35. The number of primary amides is 1. The van der Waals surface area contributed by atoms with E-state index in [9.17, 15) is 13.2 Å². The first-order valence-electron chi connectivity index (χ1n) is 6.70. The van der Waals surface area contributed by atoms with Crippen molar-refractivity contribution >= 4 is 50.1 Å². The van der Waals surface area contributed by atoms with Crippen LogP contribution in [0.4, 0.5) is 10.5 Å². The summed E-state index contributed by atoms with van der Waals surface area (Å²) in [4.78, 5) is 11.0. The summed E-state index contributed by atoms with van der Waals surface area (Å²) in [5.41, 5.74) is 5.75. The van der Waals surface area contributed by atoms with Gasteiger partial charge in [0.15, 0.2) is 0 Å². The molecule has 0 aromatic heterocycles. The predicted molar refractivity (Wildman–Crippen MR) is 98.2 cm³/mol. The van der Waals surface area contributed by atoms with Gasteiger partial charge in [-0.25, -0.2) is 0 Å². The van der Waals surface area contributed by atoms with Gasteiger partial charge in [-0.3, -0.25) is 4.79 Å². The number of carbonyl (C=O) groups is 1. The molecule has 0 saturated heterocycles. The lowest BCUT2D eigenvalue weighted by molar-refractivity contribution is 0.267. The number of carbonyl (C=O) groups excluding carboxylic acids is 1. The van der Waals surface area contributed by atoms with Crippen LogP contribution >= 0.6 is 23.4 Å². The molecule has 0 atom stereocenters. The van der Waals surface area contributed by atoms with Gasteiger partial charge in [0.1, 0.15) is 5.84 Å². The van der Waals surface area contributed by atoms with Crippen molar-refractivity contribution in [1.82, 2.24) is 0 Å². The Balaban J connectivity index is 2.31. The summed E-state index contributed by atoms with van der Waals surface area (Å²) in [5, 5.41) is 2.69. The summed E-state index contributed by atoms with van der Waals surface area (Å²) in [5.74, 6) is 0.0942. The van der Waals surface area contributed by atoms with Gasteiger partial charge >= 0.3 is 0 Å². The van der Waals surface area contributed by atoms with Gasteiger partial charge < -0.3 is 11.1 Å². The van der Waals surface area contributed by atoms with E-state index in [1.54, 1.807) is 24.3 Å². The molecule has 6 nitrogen and oxygen atoms in total. The van der Waals surface area contributed by atoms with Crippen molar-refractivity contribution < 1.29 is 13.2 Å². The minimum Gasteiger partial charge on any atom is -0.361 e. The number of thioether (sulfide) groups is 1. The molecule has 0 radical (unpaired) electrons. The van der Waals surface area contributed by atoms with Gasteiger partial charge in [-0.2, -0.15) is 8.42 Å². The molecule has 0 saturated carbocycles. The molecule has 0 aliphatic rings. The lowest BCUT2D eigenvalue weighted by atomic mass is 10.3. The number of sulfonamides is 1. The molecule has 0 aliphatic heterocycles. The molecule has 2 rings (SSSR count). The van der Waals surface area contributed by atoms with E-state index in [1.807, 2.05) is 6.07 Å². The number of anilines is 1. The fourth-order valence-corrected chi connectivity index (χ4v) is 3.33. The number of amides is 1. The highest BCUT2D eigenvalue weighted by Gasteiger charge is 2.15. The Bertz CT molecular complexity index is 838. The molecular formula is C15H14ClN3O3S2. The Morgan fingerprint density at radius 1 is 1.12 bits per heavy atom. The van der Waals surface area contributed by atoms with Gasteiger partial charge in [0, 0.05) is 10.7 Å². The van der Waals surface area contributed by atoms with Crippen LogP contribution in [0.5, 0.6) is 0 Å². The molecule has 126 valence electrons. The van der Waals surface area contributed by atoms with E-state index in [0.29, 0.717) is 10.7 Å². The number of hydrogen-bond acceptors (Lipinski definition) is 4. The fourth-order valence-electron chi connectivity index (χ4n) is 1.72. The molecule has 2 aromatic carbocycles. The number of hydrogen-bond donors (Lipinski definition) is 2. The number of halogens is 1. The molecule has 1 amide bonds. The van der Waals surface area contributed by atoms with Crippen LogP contribution in [0, 0.1) is 0 Å². The maximum atomic E-state index is 12.4. The molecule has 0 bridgehead atoms. The Labute approximate surface area is 149 Å². The van der Waals surface area contributed by atoms with Gasteiger partial charge in [-0.05, 0) is 36.4 Å². The van der Waals surface area contributed by atoms with E-state index in [2.05, 4.69) is 9.71 Å². The average molecular weight is 384 g/mol. The number of para-hydroxylation sites is 1. The third-order valence-corrected chi connectivity index (χ3v) is 5.04. The van der Waals surface area contributed by atoms with Crippen LogP contribution in [0.25, 0.3) is 0 Å². The highest BCUT2D eigenvalue weighted by atomic mass is 35.5. The topological polar surface area (TPSA) is 102 Å². The summed E-state index contributed by atoms with van der Waals surface area (Å²) in [6.45, 7) is 0. The normalized spacial score (nSPS) is 12.0. The number of rotatable bonds is 5. The molecule has 0 fully saturated rings. The zero-order valence-corrected chi connectivity index (χ0v) is 14.7. The molecule has 0 heterocycles. The zero-order valence-electron chi connectivity index (χ0n) is 12.3. The van der Waals surface area contributed by atoms with E-state index in [0.717, 1.165) is 11.8 Å². The van der Waals surface area contributed by atoms with E-state index < -0.39 is 15.3 Å². The second kappa shape index (κ2) is 8.18. The minimum atomic E-state index is -3.94. The first-order chi connectivity index (χ1) is 11.4. The maximum absolute atomic E-state index is 12.4. The molecular weight excluding hydrogens is 370 g/mol. The van der Waals surface area contributed by atoms with Gasteiger partial charge in [0.25, 0.3) is 15.3 Å².